The molecule has 1 aromatic heterocycles. The van der Waals surface area contributed by atoms with Gasteiger partial charge in [-0.05, 0) is 22.0 Å². The van der Waals surface area contributed by atoms with Crippen LogP contribution in [0.5, 0.6) is 11.6 Å². The molecule has 0 aliphatic rings. The number of benzene rings is 1. The number of nitrogens with zero attached hydrogens (tertiary/aromatic N) is 2. The van der Waals surface area contributed by atoms with Gasteiger partial charge in [0.25, 0.3) is 5.56 Å². The Hall–Kier alpha value is -1.93. The standard InChI is InChI=1S/C10H5BrClN3O4/c11-8-9(16)13-4-14-10(8)19-7-3-5(12)1-2-6(7)15(17)18/h1-4H,(H,13,14,16). The zero-order chi connectivity index (χ0) is 14.0. The average molecular weight is 347 g/mol. The Morgan fingerprint density at radius 3 is 2.89 bits per heavy atom. The summed E-state index contributed by atoms with van der Waals surface area (Å²) in [6.45, 7) is 0. The predicted octanol–water partition coefficient (Wildman–Crippen LogP) is 2.89. The third-order valence-corrected chi connectivity index (χ3v) is 3.02. The fourth-order valence-electron chi connectivity index (χ4n) is 1.26. The Labute approximate surface area is 119 Å². The fraction of sp³-hybridized carbons (Fsp3) is 0. The van der Waals surface area contributed by atoms with Crippen LogP contribution in [0.4, 0.5) is 5.69 Å². The van der Waals surface area contributed by atoms with E-state index in [1.54, 1.807) is 0 Å². The maximum absolute atomic E-state index is 11.3. The largest absolute Gasteiger partial charge is 0.430 e. The minimum Gasteiger partial charge on any atom is -0.430 e. The van der Waals surface area contributed by atoms with Crippen molar-refractivity contribution in [3.63, 3.8) is 0 Å². The number of rotatable bonds is 3. The number of nitro groups is 1. The second-order valence-electron chi connectivity index (χ2n) is 3.32. The molecular formula is C10H5BrClN3O4. The zero-order valence-corrected chi connectivity index (χ0v) is 11.4. The van der Waals surface area contributed by atoms with Gasteiger partial charge < -0.3 is 9.72 Å². The SMILES string of the molecule is O=c1[nH]cnc(Oc2cc(Cl)ccc2[N+](=O)[O-])c1Br. The van der Waals surface area contributed by atoms with Crippen LogP contribution >= 0.6 is 27.5 Å². The fourth-order valence-corrected chi connectivity index (χ4v) is 1.72. The van der Waals surface area contributed by atoms with Gasteiger partial charge in [-0.15, -0.1) is 0 Å². The molecule has 0 aliphatic carbocycles. The van der Waals surface area contributed by atoms with E-state index >= 15 is 0 Å². The first-order valence-corrected chi connectivity index (χ1v) is 6.01. The van der Waals surface area contributed by atoms with E-state index in [1.807, 2.05) is 0 Å². The van der Waals surface area contributed by atoms with Gasteiger partial charge >= 0.3 is 5.69 Å². The number of aromatic nitrogens is 2. The highest BCUT2D eigenvalue weighted by molar-refractivity contribution is 9.10. The first-order chi connectivity index (χ1) is 8.99. The minimum atomic E-state index is -0.618. The van der Waals surface area contributed by atoms with Crippen molar-refractivity contribution in [1.82, 2.24) is 9.97 Å². The molecule has 0 unspecified atom stereocenters. The minimum absolute atomic E-state index is 0.0317. The molecular weight excluding hydrogens is 341 g/mol. The second-order valence-corrected chi connectivity index (χ2v) is 4.55. The van der Waals surface area contributed by atoms with Crippen molar-refractivity contribution in [1.29, 1.82) is 0 Å². The van der Waals surface area contributed by atoms with E-state index in [-0.39, 0.29) is 26.8 Å². The van der Waals surface area contributed by atoms with Gasteiger partial charge in [0.05, 0.1) is 11.3 Å². The lowest BCUT2D eigenvalue weighted by Gasteiger charge is -2.06. The number of aromatic amines is 1. The summed E-state index contributed by atoms with van der Waals surface area (Å²) in [4.78, 5) is 27.7. The van der Waals surface area contributed by atoms with Gasteiger partial charge in [-0.2, -0.15) is 0 Å². The maximum Gasteiger partial charge on any atom is 0.311 e. The van der Waals surface area contributed by atoms with Crippen molar-refractivity contribution >= 4 is 33.2 Å². The molecule has 0 spiro atoms. The molecule has 7 nitrogen and oxygen atoms in total. The van der Waals surface area contributed by atoms with Gasteiger partial charge in [-0.25, -0.2) is 4.98 Å². The molecule has 0 radical (unpaired) electrons. The van der Waals surface area contributed by atoms with Crippen LogP contribution in [-0.2, 0) is 0 Å². The van der Waals surface area contributed by atoms with Crippen LogP contribution in [0.2, 0.25) is 5.02 Å². The average Bonchev–Trinajstić information content (AvgIpc) is 2.35. The number of hydrogen-bond acceptors (Lipinski definition) is 5. The van der Waals surface area contributed by atoms with Crippen LogP contribution in [0.3, 0.4) is 0 Å². The lowest BCUT2D eigenvalue weighted by molar-refractivity contribution is -0.385. The molecule has 0 bridgehead atoms. The number of halogens is 2. The van der Waals surface area contributed by atoms with Crippen molar-refractivity contribution in [3.05, 3.63) is 54.5 Å². The molecule has 0 saturated carbocycles. The lowest BCUT2D eigenvalue weighted by atomic mass is 10.3. The van der Waals surface area contributed by atoms with Gasteiger partial charge in [-0.3, -0.25) is 14.9 Å². The summed E-state index contributed by atoms with van der Waals surface area (Å²) in [5.41, 5.74) is -0.743. The number of nitro benzene ring substituents is 1. The van der Waals surface area contributed by atoms with E-state index in [2.05, 4.69) is 25.9 Å². The molecule has 98 valence electrons. The van der Waals surface area contributed by atoms with Crippen molar-refractivity contribution in [3.8, 4) is 11.6 Å². The summed E-state index contributed by atoms with van der Waals surface area (Å²) in [6, 6.07) is 3.85. The topological polar surface area (TPSA) is 98.1 Å². The molecule has 1 heterocycles. The van der Waals surface area contributed by atoms with E-state index in [0.717, 1.165) is 6.33 Å². The highest BCUT2D eigenvalue weighted by Gasteiger charge is 2.18. The normalized spacial score (nSPS) is 10.2. The van der Waals surface area contributed by atoms with Gasteiger partial charge in [0, 0.05) is 17.2 Å². The first-order valence-electron chi connectivity index (χ1n) is 4.84. The zero-order valence-electron chi connectivity index (χ0n) is 9.09. The summed E-state index contributed by atoms with van der Waals surface area (Å²) in [6.07, 6.45) is 1.12. The summed E-state index contributed by atoms with van der Waals surface area (Å²) < 4.78 is 5.29. The van der Waals surface area contributed by atoms with Crippen LogP contribution in [0.15, 0.2) is 33.8 Å². The quantitative estimate of drug-likeness (QED) is 0.680. The van der Waals surface area contributed by atoms with E-state index in [0.29, 0.717) is 0 Å². The Morgan fingerprint density at radius 2 is 2.21 bits per heavy atom. The molecule has 1 aromatic carbocycles. The van der Waals surface area contributed by atoms with Crippen LogP contribution in [-0.4, -0.2) is 14.9 Å². The van der Waals surface area contributed by atoms with E-state index < -0.39 is 10.5 Å². The Kier molecular flexibility index (Phi) is 3.82. The number of nitrogens with one attached hydrogen (secondary N) is 1. The summed E-state index contributed by atoms with van der Waals surface area (Å²) >= 11 is 8.74. The first kappa shape index (κ1) is 13.5. The summed E-state index contributed by atoms with van der Waals surface area (Å²) in [7, 11) is 0. The van der Waals surface area contributed by atoms with Crippen molar-refractivity contribution in [2.45, 2.75) is 0 Å². The van der Waals surface area contributed by atoms with Crippen molar-refractivity contribution < 1.29 is 9.66 Å². The number of hydrogen-bond donors (Lipinski definition) is 1. The maximum atomic E-state index is 11.3. The molecule has 1 N–H and O–H groups in total. The molecule has 0 amide bonds. The predicted molar refractivity (Wildman–Crippen MR) is 70.7 cm³/mol. The smallest absolute Gasteiger partial charge is 0.311 e. The Balaban J connectivity index is 2.48. The molecule has 0 atom stereocenters. The van der Waals surface area contributed by atoms with Crippen LogP contribution in [0.25, 0.3) is 0 Å². The van der Waals surface area contributed by atoms with E-state index in [9.17, 15) is 14.9 Å². The number of H-pyrrole nitrogens is 1. The van der Waals surface area contributed by atoms with Gasteiger partial charge in [0.2, 0.25) is 11.6 Å². The molecule has 0 saturated heterocycles. The molecule has 19 heavy (non-hydrogen) atoms. The monoisotopic (exact) mass is 345 g/mol. The highest BCUT2D eigenvalue weighted by Crippen LogP contribution is 2.34. The Bertz CT molecular complexity index is 703. The summed E-state index contributed by atoms with van der Waals surface area (Å²) in [5.74, 6) is -0.189. The molecule has 9 heteroatoms. The van der Waals surface area contributed by atoms with Crippen LogP contribution in [0.1, 0.15) is 0 Å². The third-order valence-electron chi connectivity index (χ3n) is 2.09. The van der Waals surface area contributed by atoms with Crippen molar-refractivity contribution in [2.75, 3.05) is 0 Å². The third kappa shape index (κ3) is 2.91. The van der Waals surface area contributed by atoms with Crippen LogP contribution in [0, 0.1) is 10.1 Å². The highest BCUT2D eigenvalue weighted by atomic mass is 79.9. The second kappa shape index (κ2) is 5.37. The van der Waals surface area contributed by atoms with E-state index in [1.165, 1.54) is 18.2 Å². The van der Waals surface area contributed by atoms with Crippen LogP contribution < -0.4 is 10.3 Å². The van der Waals surface area contributed by atoms with Gasteiger partial charge in [0.15, 0.2) is 0 Å². The van der Waals surface area contributed by atoms with Gasteiger partial charge in [-0.1, -0.05) is 11.6 Å². The molecule has 2 rings (SSSR count). The van der Waals surface area contributed by atoms with E-state index in [4.69, 9.17) is 16.3 Å². The summed E-state index contributed by atoms with van der Waals surface area (Å²) in [5, 5.41) is 11.1. The molecule has 0 fully saturated rings. The lowest BCUT2D eigenvalue weighted by Crippen LogP contribution is -2.08. The molecule has 2 aromatic rings. The van der Waals surface area contributed by atoms with Crippen molar-refractivity contribution in [2.24, 2.45) is 0 Å². The van der Waals surface area contributed by atoms with Gasteiger partial charge in [0.1, 0.15) is 4.47 Å². The Morgan fingerprint density at radius 1 is 1.47 bits per heavy atom. The molecule has 0 aliphatic heterocycles. The number of ether oxygens (including phenoxy) is 1.